The van der Waals surface area contributed by atoms with E-state index in [0.717, 1.165) is 12.1 Å². The van der Waals surface area contributed by atoms with Gasteiger partial charge in [0.15, 0.2) is 5.69 Å². The second kappa shape index (κ2) is 7.97. The molecule has 1 heterocycles. The van der Waals surface area contributed by atoms with Gasteiger partial charge < -0.3 is 15.5 Å². The number of nitrogens with zero attached hydrogens (tertiary/aromatic N) is 2. The molecule has 0 aliphatic rings. The molecule has 0 saturated heterocycles. The molecule has 3 N–H and O–H groups in total. The molecule has 24 heavy (non-hydrogen) atoms. The molecule has 0 atom stereocenters. The molecule has 130 valence electrons. The van der Waals surface area contributed by atoms with Crippen molar-refractivity contribution in [2.24, 2.45) is 0 Å². The van der Waals surface area contributed by atoms with Crippen molar-refractivity contribution in [2.45, 2.75) is 39.8 Å². The van der Waals surface area contributed by atoms with Crippen molar-refractivity contribution in [3.63, 3.8) is 0 Å². The molecule has 0 spiro atoms. The van der Waals surface area contributed by atoms with Crippen LogP contribution in [-0.2, 0) is 0 Å². The molecule has 0 aliphatic carbocycles. The minimum atomic E-state index is -0.229. The van der Waals surface area contributed by atoms with E-state index < -0.39 is 0 Å². The number of benzene rings is 1. The number of nitrogen functional groups attached to an aromatic ring is 1. The van der Waals surface area contributed by atoms with E-state index in [-0.39, 0.29) is 11.6 Å². The third-order valence-corrected chi connectivity index (χ3v) is 3.88. The first-order chi connectivity index (χ1) is 11.4. The van der Waals surface area contributed by atoms with Gasteiger partial charge in [0.1, 0.15) is 6.26 Å². The summed E-state index contributed by atoms with van der Waals surface area (Å²) in [6.07, 6.45) is 1.38. The number of carbonyl (C=O) groups excluding carboxylic acids is 1. The summed E-state index contributed by atoms with van der Waals surface area (Å²) in [5, 5.41) is 2.89. The Morgan fingerprint density at radius 3 is 2.42 bits per heavy atom. The Morgan fingerprint density at radius 1 is 1.21 bits per heavy atom. The van der Waals surface area contributed by atoms with Gasteiger partial charge in [-0.3, -0.25) is 9.69 Å². The fourth-order valence-electron chi connectivity index (χ4n) is 2.64. The first-order valence-electron chi connectivity index (χ1n) is 8.24. The van der Waals surface area contributed by atoms with Crippen LogP contribution < -0.4 is 11.1 Å². The molecular formula is C18H26N4O2. The first-order valence-corrected chi connectivity index (χ1v) is 8.24. The summed E-state index contributed by atoms with van der Waals surface area (Å²) in [7, 11) is 0. The molecule has 0 radical (unpaired) electrons. The van der Waals surface area contributed by atoms with Gasteiger partial charge in [0.2, 0.25) is 5.89 Å². The van der Waals surface area contributed by atoms with Crippen LogP contribution in [-0.4, -0.2) is 41.0 Å². The van der Waals surface area contributed by atoms with Gasteiger partial charge >= 0.3 is 0 Å². The van der Waals surface area contributed by atoms with Gasteiger partial charge in [-0.25, -0.2) is 4.98 Å². The average molecular weight is 330 g/mol. The number of anilines is 1. The lowest BCUT2D eigenvalue weighted by Gasteiger charge is -2.30. The third-order valence-electron chi connectivity index (χ3n) is 3.88. The zero-order valence-electron chi connectivity index (χ0n) is 14.7. The number of oxazole rings is 1. The van der Waals surface area contributed by atoms with Gasteiger partial charge in [-0.2, -0.15) is 0 Å². The third kappa shape index (κ3) is 4.58. The number of amides is 1. The maximum atomic E-state index is 12.2. The topological polar surface area (TPSA) is 84.4 Å². The van der Waals surface area contributed by atoms with Crippen LogP contribution in [0.25, 0.3) is 11.5 Å². The normalized spacial score (nSPS) is 11.5. The molecule has 0 saturated carbocycles. The molecule has 0 unspecified atom stereocenters. The Balaban J connectivity index is 1.93. The van der Waals surface area contributed by atoms with Crippen LogP contribution in [0.15, 0.2) is 34.9 Å². The fraction of sp³-hybridized carbons (Fsp3) is 0.444. The summed E-state index contributed by atoms with van der Waals surface area (Å²) in [4.78, 5) is 18.8. The number of nitrogens with two attached hydrogens (primary N) is 1. The SMILES string of the molecule is CC(C)N(CCNC(=O)c1coc(-c2ccc(N)cc2)n1)C(C)C. The lowest BCUT2D eigenvalue weighted by atomic mass is 10.2. The monoisotopic (exact) mass is 330 g/mol. The van der Waals surface area contributed by atoms with Crippen LogP contribution in [0.5, 0.6) is 0 Å². The van der Waals surface area contributed by atoms with Gasteiger partial charge in [-0.15, -0.1) is 0 Å². The van der Waals surface area contributed by atoms with Crippen molar-refractivity contribution in [1.82, 2.24) is 15.2 Å². The van der Waals surface area contributed by atoms with Crippen LogP contribution in [0, 0.1) is 0 Å². The summed E-state index contributed by atoms with van der Waals surface area (Å²) in [5.41, 5.74) is 7.40. The number of hydrogen-bond donors (Lipinski definition) is 2. The standard InChI is InChI=1S/C18H26N4O2/c1-12(2)22(13(3)4)10-9-20-17(23)16-11-24-18(21-16)14-5-7-15(19)8-6-14/h5-8,11-13H,9-10,19H2,1-4H3,(H,20,23). The lowest BCUT2D eigenvalue weighted by molar-refractivity contribution is 0.0934. The Labute approximate surface area is 143 Å². The Kier molecular flexibility index (Phi) is 5.98. The average Bonchev–Trinajstić information content (AvgIpc) is 3.01. The first kappa shape index (κ1) is 18.0. The number of hydrogen-bond acceptors (Lipinski definition) is 5. The molecular weight excluding hydrogens is 304 g/mol. The van der Waals surface area contributed by atoms with E-state index in [1.807, 2.05) is 12.1 Å². The predicted octanol–water partition coefficient (Wildman–Crippen LogP) is 2.77. The van der Waals surface area contributed by atoms with Gasteiger partial charge in [0, 0.05) is 36.4 Å². The molecule has 6 heteroatoms. The number of rotatable bonds is 7. The zero-order chi connectivity index (χ0) is 17.7. The highest BCUT2D eigenvalue weighted by molar-refractivity contribution is 5.92. The maximum Gasteiger partial charge on any atom is 0.273 e. The molecule has 2 aromatic rings. The molecule has 6 nitrogen and oxygen atoms in total. The summed E-state index contributed by atoms with van der Waals surface area (Å²) in [6, 6.07) is 8.03. The zero-order valence-corrected chi connectivity index (χ0v) is 14.7. The van der Waals surface area contributed by atoms with Gasteiger partial charge in [0.25, 0.3) is 5.91 Å². The highest BCUT2D eigenvalue weighted by Crippen LogP contribution is 2.19. The van der Waals surface area contributed by atoms with Crippen LogP contribution in [0.2, 0.25) is 0 Å². The Hall–Kier alpha value is -2.34. The van der Waals surface area contributed by atoms with Crippen molar-refractivity contribution in [2.75, 3.05) is 18.8 Å². The molecule has 0 fully saturated rings. The van der Waals surface area contributed by atoms with Crippen molar-refractivity contribution < 1.29 is 9.21 Å². The van der Waals surface area contributed by atoms with E-state index in [1.54, 1.807) is 12.1 Å². The quantitative estimate of drug-likeness (QED) is 0.763. The molecule has 1 aromatic heterocycles. The van der Waals surface area contributed by atoms with Crippen LogP contribution in [0.1, 0.15) is 38.2 Å². The van der Waals surface area contributed by atoms with Crippen LogP contribution in [0.3, 0.4) is 0 Å². The second-order valence-electron chi connectivity index (χ2n) is 6.34. The van der Waals surface area contributed by atoms with E-state index in [9.17, 15) is 4.79 Å². The summed E-state index contributed by atoms with van der Waals surface area (Å²) < 4.78 is 5.39. The molecule has 0 bridgehead atoms. The number of aromatic nitrogens is 1. The van der Waals surface area contributed by atoms with Crippen LogP contribution in [0.4, 0.5) is 5.69 Å². The Bertz CT molecular complexity index is 654. The molecule has 1 aromatic carbocycles. The lowest BCUT2D eigenvalue weighted by Crippen LogP contribution is -2.42. The maximum absolute atomic E-state index is 12.2. The summed E-state index contributed by atoms with van der Waals surface area (Å²) >= 11 is 0. The van der Waals surface area contributed by atoms with Crippen LogP contribution >= 0.6 is 0 Å². The van der Waals surface area contributed by atoms with E-state index in [4.69, 9.17) is 10.2 Å². The molecule has 1 amide bonds. The minimum Gasteiger partial charge on any atom is -0.444 e. The highest BCUT2D eigenvalue weighted by atomic mass is 16.3. The van der Waals surface area contributed by atoms with E-state index in [2.05, 4.69) is 42.9 Å². The van der Waals surface area contributed by atoms with Crippen molar-refractivity contribution in [3.8, 4) is 11.5 Å². The van der Waals surface area contributed by atoms with Gasteiger partial charge in [-0.05, 0) is 52.0 Å². The van der Waals surface area contributed by atoms with Gasteiger partial charge in [-0.1, -0.05) is 0 Å². The molecule has 0 aliphatic heterocycles. The van der Waals surface area contributed by atoms with Crippen molar-refractivity contribution in [1.29, 1.82) is 0 Å². The van der Waals surface area contributed by atoms with E-state index >= 15 is 0 Å². The summed E-state index contributed by atoms with van der Waals surface area (Å²) in [5.74, 6) is 0.180. The van der Waals surface area contributed by atoms with E-state index in [1.165, 1.54) is 6.26 Å². The van der Waals surface area contributed by atoms with Crippen molar-refractivity contribution >= 4 is 11.6 Å². The van der Waals surface area contributed by atoms with E-state index in [0.29, 0.717) is 30.2 Å². The largest absolute Gasteiger partial charge is 0.444 e. The van der Waals surface area contributed by atoms with Gasteiger partial charge in [0.05, 0.1) is 0 Å². The fourth-order valence-corrected chi connectivity index (χ4v) is 2.64. The Morgan fingerprint density at radius 2 is 1.83 bits per heavy atom. The number of nitrogens with one attached hydrogen (secondary N) is 1. The predicted molar refractivity (Wildman–Crippen MR) is 95.7 cm³/mol. The highest BCUT2D eigenvalue weighted by Gasteiger charge is 2.16. The minimum absolute atomic E-state index is 0.229. The summed E-state index contributed by atoms with van der Waals surface area (Å²) in [6.45, 7) is 9.97. The van der Waals surface area contributed by atoms with Crippen molar-refractivity contribution in [3.05, 3.63) is 36.2 Å². The number of carbonyl (C=O) groups is 1. The smallest absolute Gasteiger partial charge is 0.273 e. The second-order valence-corrected chi connectivity index (χ2v) is 6.34. The molecule has 2 rings (SSSR count).